The van der Waals surface area contributed by atoms with Gasteiger partial charge in [-0.3, -0.25) is 0 Å². The van der Waals surface area contributed by atoms with Crippen LogP contribution >= 0.6 is 71.1 Å². The molecule has 0 aliphatic carbocycles. The van der Waals surface area contributed by atoms with Gasteiger partial charge in [-0.1, -0.05) is 0 Å². The minimum absolute atomic E-state index is 1.01. The molecule has 3 aliphatic rings. The Kier molecular flexibility index (Phi) is 6.88. The summed E-state index contributed by atoms with van der Waals surface area (Å²) in [6.45, 7) is 0. The molecule has 0 N–H and O–H groups in total. The van der Waals surface area contributed by atoms with Crippen molar-refractivity contribution in [2.24, 2.45) is 0 Å². The minimum atomic E-state index is -2.08. The maximum atomic E-state index is 2.49. The molecule has 3 fully saturated rings. The Morgan fingerprint density at radius 2 is 1.06 bits per heavy atom. The van der Waals surface area contributed by atoms with E-state index in [0.29, 0.717) is 0 Å². The molecule has 3 heterocycles. The first kappa shape index (κ1) is 16.1. The van der Waals surface area contributed by atoms with Gasteiger partial charge in [-0.25, -0.2) is 0 Å². The summed E-state index contributed by atoms with van der Waals surface area (Å²) in [5.74, 6) is 8.61. The molecular weight excluding hydrogens is 463 g/mol. The van der Waals surface area contributed by atoms with Gasteiger partial charge >= 0.3 is 140 Å². The average molecular weight is 481 g/mol. The van der Waals surface area contributed by atoms with Gasteiger partial charge in [0.2, 0.25) is 0 Å². The third-order valence-corrected chi connectivity index (χ3v) is 59.2. The van der Waals surface area contributed by atoms with Crippen LogP contribution in [0, 0.1) is 0 Å². The summed E-state index contributed by atoms with van der Waals surface area (Å²) < 4.78 is 0. The molecule has 104 valence electrons. The van der Waals surface area contributed by atoms with Gasteiger partial charge in [0.1, 0.15) is 0 Å². The van der Waals surface area contributed by atoms with Crippen molar-refractivity contribution in [3.05, 3.63) is 0 Å². The van der Waals surface area contributed by atoms with Gasteiger partial charge in [0.15, 0.2) is 0 Å². The van der Waals surface area contributed by atoms with E-state index in [1.807, 2.05) is 0 Å². The van der Waals surface area contributed by atoms with Crippen molar-refractivity contribution in [2.75, 3.05) is 40.8 Å². The quantitative estimate of drug-likeness (QED) is 0.490. The van der Waals surface area contributed by atoms with Gasteiger partial charge in [-0.15, -0.1) is 0 Å². The van der Waals surface area contributed by atoms with Crippen molar-refractivity contribution in [2.45, 2.75) is 15.7 Å². The molecule has 0 unspecified atom stereocenters. The van der Waals surface area contributed by atoms with E-state index in [9.17, 15) is 0 Å². The summed E-state index contributed by atoms with van der Waals surface area (Å²) in [4.78, 5) is 0. The van der Waals surface area contributed by atoms with Crippen LogP contribution in [0.15, 0.2) is 0 Å². The van der Waals surface area contributed by atoms with Gasteiger partial charge in [0.25, 0.3) is 0 Å². The van der Waals surface area contributed by atoms with Crippen LogP contribution in [-0.4, -0.2) is 69.4 Å². The zero-order valence-corrected chi connectivity index (χ0v) is 18.9. The predicted molar refractivity (Wildman–Crippen MR) is 105 cm³/mol. The molecule has 0 aromatic carbocycles. The molecule has 0 spiro atoms. The molecule has 0 atom stereocenters. The van der Waals surface area contributed by atoms with E-state index >= 15 is 0 Å². The fraction of sp³-hybridized carbons (Fsp3) is 1.00. The Hall–Kier alpha value is 3.25. The van der Waals surface area contributed by atoms with Gasteiger partial charge < -0.3 is 0 Å². The molecule has 8 heteroatoms. The molecule has 0 aromatic heterocycles. The number of thioether (sulfide) groups is 3. The average Bonchev–Trinajstić information content (AvgIpc) is 2.22. The molecule has 0 nitrogen and oxygen atoms in total. The van der Waals surface area contributed by atoms with E-state index < -0.39 is 12.8 Å². The van der Waals surface area contributed by atoms with Crippen LogP contribution in [-0.2, 0) is 0 Å². The van der Waals surface area contributed by atoms with Crippen molar-refractivity contribution >= 4 is 83.9 Å². The number of hydrogen-bond donors (Lipinski definition) is 0. The van der Waals surface area contributed by atoms with E-state index in [0.717, 1.165) is 15.7 Å². The third-order valence-electron chi connectivity index (χ3n) is 3.01. The van der Waals surface area contributed by atoms with Crippen LogP contribution in [0.4, 0.5) is 0 Å². The van der Waals surface area contributed by atoms with Gasteiger partial charge in [-0.2, -0.15) is 0 Å². The Bertz CT molecular complexity index is 237. The molecule has 3 rings (SSSR count). The standard InChI is InChI=1S/3C3H6S2.CH4S.Sn/c3*4-3-1-5-2-3;1-2;/h3*3-4H,1-2H2;2H,1H3;/q;;;;+4/p-4. The van der Waals surface area contributed by atoms with Crippen LogP contribution in [0.25, 0.3) is 0 Å². The predicted octanol–water partition coefficient (Wildman–Crippen LogP) is 4.33. The molecular formula is C10H18S7Sn. The first-order valence-electron chi connectivity index (χ1n) is 6.11. The molecule has 0 aromatic rings. The summed E-state index contributed by atoms with van der Waals surface area (Å²) in [7, 11) is 9.80. The van der Waals surface area contributed by atoms with Gasteiger partial charge in [-0.05, 0) is 0 Å². The topological polar surface area (TPSA) is 0 Å². The van der Waals surface area contributed by atoms with E-state index in [1.54, 1.807) is 0 Å². The maximum absolute atomic E-state index is 2.49. The van der Waals surface area contributed by atoms with Crippen molar-refractivity contribution < 1.29 is 0 Å². The van der Waals surface area contributed by atoms with E-state index in [4.69, 9.17) is 0 Å². The summed E-state index contributed by atoms with van der Waals surface area (Å²) in [6, 6.07) is 0. The molecule has 0 amide bonds. The Labute approximate surface area is 138 Å². The molecule has 0 radical (unpaired) electrons. The second-order valence-corrected chi connectivity index (χ2v) is 50.1. The second-order valence-electron chi connectivity index (χ2n) is 4.54. The Morgan fingerprint density at radius 1 is 0.722 bits per heavy atom. The van der Waals surface area contributed by atoms with Crippen molar-refractivity contribution in [1.82, 2.24) is 0 Å². The molecule has 3 aliphatic heterocycles. The zero-order chi connectivity index (χ0) is 12.4. The summed E-state index contributed by atoms with van der Waals surface area (Å²) >= 11 is 4.37. The third kappa shape index (κ3) is 4.16. The fourth-order valence-electron chi connectivity index (χ4n) is 1.69. The molecule has 18 heavy (non-hydrogen) atoms. The van der Waals surface area contributed by atoms with E-state index in [1.165, 1.54) is 34.5 Å². The van der Waals surface area contributed by atoms with Crippen LogP contribution in [0.2, 0.25) is 0 Å². The Morgan fingerprint density at radius 3 is 1.22 bits per heavy atom. The first-order chi connectivity index (χ1) is 8.80. The molecule has 0 saturated carbocycles. The van der Waals surface area contributed by atoms with Crippen molar-refractivity contribution in [1.29, 1.82) is 0 Å². The summed E-state index contributed by atoms with van der Waals surface area (Å²) in [5.41, 5.74) is 0. The van der Waals surface area contributed by atoms with Crippen LogP contribution in [0.1, 0.15) is 0 Å². The normalized spacial score (nSPS) is 26.5. The number of hydrogen-bond acceptors (Lipinski definition) is 7. The number of rotatable bonds is 7. The van der Waals surface area contributed by atoms with Crippen LogP contribution in [0.3, 0.4) is 0 Å². The molecule has 3 saturated heterocycles. The monoisotopic (exact) mass is 482 g/mol. The van der Waals surface area contributed by atoms with Crippen LogP contribution < -0.4 is 0 Å². The van der Waals surface area contributed by atoms with Crippen LogP contribution in [0.5, 0.6) is 0 Å². The summed E-state index contributed by atoms with van der Waals surface area (Å²) in [5, 5.41) is 3.04. The van der Waals surface area contributed by atoms with Crippen molar-refractivity contribution in [3.63, 3.8) is 0 Å². The fourth-order valence-corrected chi connectivity index (χ4v) is 66.7. The summed E-state index contributed by atoms with van der Waals surface area (Å²) in [6.07, 6.45) is 2.42. The molecule has 0 bridgehead atoms. The Balaban J connectivity index is 1.61. The van der Waals surface area contributed by atoms with Gasteiger partial charge in [0, 0.05) is 0 Å². The zero-order valence-electron chi connectivity index (χ0n) is 10.3. The van der Waals surface area contributed by atoms with Crippen molar-refractivity contribution in [3.8, 4) is 0 Å². The van der Waals surface area contributed by atoms with E-state index in [-0.39, 0.29) is 0 Å². The first-order valence-corrected chi connectivity index (χ1v) is 27.4. The van der Waals surface area contributed by atoms with Gasteiger partial charge in [0.05, 0.1) is 0 Å². The second kappa shape index (κ2) is 7.68. The SMILES string of the molecule is C[S][Sn]([S]C1CSC1)([S]C1CSC1)[S]C1CSC1. The van der Waals surface area contributed by atoms with E-state index in [2.05, 4.69) is 77.3 Å².